The van der Waals surface area contributed by atoms with E-state index in [1.54, 1.807) is 4.90 Å². The Morgan fingerprint density at radius 2 is 1.95 bits per heavy atom. The molecule has 2 aliphatic rings. The summed E-state index contributed by atoms with van der Waals surface area (Å²) in [6.07, 6.45) is -0.217. The molecule has 1 aromatic rings. The highest BCUT2D eigenvalue weighted by Gasteiger charge is 2.44. The van der Waals surface area contributed by atoms with Crippen LogP contribution in [0.4, 0.5) is 0 Å². The van der Waals surface area contributed by atoms with E-state index in [2.05, 4.69) is 0 Å². The molecule has 1 aromatic carbocycles. The van der Waals surface area contributed by atoms with Crippen molar-refractivity contribution in [2.24, 2.45) is 0 Å². The minimum atomic E-state index is -0.574. The minimum absolute atomic E-state index is 0.0556. The molecule has 0 aromatic heterocycles. The van der Waals surface area contributed by atoms with E-state index < -0.39 is 12.1 Å². The topological polar surface area (TPSA) is 60.9 Å². The van der Waals surface area contributed by atoms with Crippen molar-refractivity contribution in [2.75, 3.05) is 13.1 Å². The molecule has 0 radical (unpaired) electrons. The van der Waals surface area contributed by atoms with E-state index >= 15 is 0 Å². The summed E-state index contributed by atoms with van der Waals surface area (Å²) < 4.78 is 0. The standard InChI is InChI=1S/C14H16N2O3/c17-11-6-12-14(19)15(9-13(18)16(12)8-11)7-10-4-2-1-3-5-10/h1-5,11-12,17H,6-9H2. The first-order valence-electron chi connectivity index (χ1n) is 6.45. The van der Waals surface area contributed by atoms with E-state index in [1.165, 1.54) is 4.90 Å². The van der Waals surface area contributed by atoms with Crippen molar-refractivity contribution >= 4 is 11.8 Å². The van der Waals surface area contributed by atoms with E-state index in [0.717, 1.165) is 5.56 Å². The molecule has 0 saturated carbocycles. The number of hydrogen-bond donors (Lipinski definition) is 1. The highest BCUT2D eigenvalue weighted by Crippen LogP contribution is 2.25. The lowest BCUT2D eigenvalue weighted by atomic mass is 10.1. The Morgan fingerprint density at radius 1 is 1.21 bits per heavy atom. The average molecular weight is 260 g/mol. The summed E-state index contributed by atoms with van der Waals surface area (Å²) >= 11 is 0. The molecule has 19 heavy (non-hydrogen) atoms. The van der Waals surface area contributed by atoms with Gasteiger partial charge >= 0.3 is 0 Å². The molecule has 0 bridgehead atoms. The number of piperazine rings is 1. The summed E-state index contributed by atoms with van der Waals surface area (Å²) in [5, 5.41) is 9.61. The number of nitrogens with zero attached hydrogens (tertiary/aromatic N) is 2. The van der Waals surface area contributed by atoms with E-state index in [1.807, 2.05) is 30.3 Å². The normalized spacial score (nSPS) is 26.8. The van der Waals surface area contributed by atoms with Gasteiger partial charge in [-0.05, 0) is 5.56 Å². The molecule has 2 atom stereocenters. The average Bonchev–Trinajstić information content (AvgIpc) is 2.80. The summed E-state index contributed by atoms with van der Waals surface area (Å²) in [5.41, 5.74) is 1.01. The van der Waals surface area contributed by atoms with Gasteiger partial charge in [0.15, 0.2) is 0 Å². The zero-order chi connectivity index (χ0) is 13.4. The predicted octanol–water partition coefficient (Wildman–Crippen LogP) is -0.00940. The van der Waals surface area contributed by atoms with Crippen LogP contribution in [0.2, 0.25) is 0 Å². The van der Waals surface area contributed by atoms with Gasteiger partial charge in [0.25, 0.3) is 0 Å². The van der Waals surface area contributed by atoms with Gasteiger partial charge in [0.1, 0.15) is 12.6 Å². The van der Waals surface area contributed by atoms with Crippen molar-refractivity contribution in [3.8, 4) is 0 Å². The third-order valence-corrected chi connectivity index (χ3v) is 3.74. The second-order valence-electron chi connectivity index (χ2n) is 5.13. The van der Waals surface area contributed by atoms with Crippen molar-refractivity contribution < 1.29 is 14.7 Å². The number of hydrogen-bond acceptors (Lipinski definition) is 3. The predicted molar refractivity (Wildman–Crippen MR) is 68.0 cm³/mol. The lowest BCUT2D eigenvalue weighted by molar-refractivity contribution is -0.154. The number of fused-ring (bicyclic) bond motifs is 1. The first kappa shape index (κ1) is 12.2. The number of aliphatic hydroxyl groups is 1. The van der Waals surface area contributed by atoms with Crippen molar-refractivity contribution in [3.05, 3.63) is 35.9 Å². The minimum Gasteiger partial charge on any atom is -0.391 e. The van der Waals surface area contributed by atoms with E-state index in [0.29, 0.717) is 13.0 Å². The number of benzene rings is 1. The van der Waals surface area contributed by atoms with Crippen molar-refractivity contribution in [1.29, 1.82) is 0 Å². The van der Waals surface area contributed by atoms with Gasteiger partial charge in [0.05, 0.1) is 6.10 Å². The molecular weight excluding hydrogens is 244 g/mol. The van der Waals surface area contributed by atoms with Crippen LogP contribution >= 0.6 is 0 Å². The number of carbonyl (C=O) groups excluding carboxylic acids is 2. The fourth-order valence-corrected chi connectivity index (χ4v) is 2.80. The number of amides is 2. The molecule has 2 aliphatic heterocycles. The maximum atomic E-state index is 12.3. The quantitative estimate of drug-likeness (QED) is 0.813. The van der Waals surface area contributed by atoms with Crippen LogP contribution in [-0.2, 0) is 16.1 Å². The molecule has 2 saturated heterocycles. The lowest BCUT2D eigenvalue weighted by Gasteiger charge is -2.36. The van der Waals surface area contributed by atoms with Crippen molar-refractivity contribution in [1.82, 2.24) is 9.80 Å². The second kappa shape index (κ2) is 4.66. The summed E-state index contributed by atoms with van der Waals surface area (Å²) in [6.45, 7) is 0.844. The molecule has 0 aliphatic carbocycles. The second-order valence-corrected chi connectivity index (χ2v) is 5.13. The first-order valence-corrected chi connectivity index (χ1v) is 6.45. The van der Waals surface area contributed by atoms with Gasteiger partial charge in [-0.2, -0.15) is 0 Å². The van der Waals surface area contributed by atoms with Gasteiger partial charge in [0, 0.05) is 19.5 Å². The van der Waals surface area contributed by atoms with Crippen LogP contribution in [-0.4, -0.2) is 52.0 Å². The molecule has 5 heteroatoms. The maximum Gasteiger partial charge on any atom is 0.246 e. The Labute approximate surface area is 111 Å². The van der Waals surface area contributed by atoms with Crippen molar-refractivity contribution in [2.45, 2.75) is 25.1 Å². The van der Waals surface area contributed by atoms with Gasteiger partial charge in [-0.15, -0.1) is 0 Å². The molecule has 2 unspecified atom stereocenters. The Kier molecular flexibility index (Phi) is 2.98. The van der Waals surface area contributed by atoms with E-state index in [9.17, 15) is 14.7 Å². The lowest BCUT2D eigenvalue weighted by Crippen LogP contribution is -2.56. The zero-order valence-electron chi connectivity index (χ0n) is 10.5. The van der Waals surface area contributed by atoms with E-state index in [-0.39, 0.29) is 24.9 Å². The molecule has 1 N–H and O–H groups in total. The summed E-state index contributed by atoms with van der Waals surface area (Å²) in [4.78, 5) is 27.4. The SMILES string of the molecule is O=C1C2CC(O)CN2C(=O)CN1Cc1ccccc1. The van der Waals surface area contributed by atoms with Gasteiger partial charge in [-0.3, -0.25) is 9.59 Å². The molecule has 5 nitrogen and oxygen atoms in total. The molecular formula is C14H16N2O3. The Bertz CT molecular complexity index is 503. The Balaban J connectivity index is 1.77. The van der Waals surface area contributed by atoms with Crippen LogP contribution in [0.15, 0.2) is 30.3 Å². The van der Waals surface area contributed by atoms with Crippen LogP contribution in [0.3, 0.4) is 0 Å². The third-order valence-electron chi connectivity index (χ3n) is 3.74. The van der Waals surface area contributed by atoms with Crippen LogP contribution in [0.1, 0.15) is 12.0 Å². The zero-order valence-corrected chi connectivity index (χ0v) is 10.5. The van der Waals surface area contributed by atoms with Crippen molar-refractivity contribution in [3.63, 3.8) is 0 Å². The highest BCUT2D eigenvalue weighted by molar-refractivity contribution is 5.95. The fraction of sp³-hybridized carbons (Fsp3) is 0.429. The van der Waals surface area contributed by atoms with Crippen LogP contribution in [0.25, 0.3) is 0 Å². The van der Waals surface area contributed by atoms with Crippen LogP contribution < -0.4 is 0 Å². The van der Waals surface area contributed by atoms with Gasteiger partial charge in [-0.1, -0.05) is 30.3 Å². The summed E-state index contributed by atoms with van der Waals surface area (Å²) in [5.74, 6) is -0.128. The molecule has 0 spiro atoms. The number of aliphatic hydroxyl groups excluding tert-OH is 1. The Hall–Kier alpha value is -1.88. The van der Waals surface area contributed by atoms with Crippen LogP contribution in [0.5, 0.6) is 0 Å². The van der Waals surface area contributed by atoms with E-state index in [4.69, 9.17) is 0 Å². The van der Waals surface area contributed by atoms with Gasteiger partial charge in [-0.25, -0.2) is 0 Å². The molecule has 2 heterocycles. The third kappa shape index (κ3) is 2.21. The summed E-state index contributed by atoms with van der Waals surface area (Å²) in [7, 11) is 0. The Morgan fingerprint density at radius 3 is 2.68 bits per heavy atom. The van der Waals surface area contributed by atoms with Gasteiger partial charge < -0.3 is 14.9 Å². The smallest absolute Gasteiger partial charge is 0.246 e. The van der Waals surface area contributed by atoms with Gasteiger partial charge in [0.2, 0.25) is 11.8 Å². The number of rotatable bonds is 2. The molecule has 3 rings (SSSR count). The maximum absolute atomic E-state index is 12.3. The molecule has 2 fully saturated rings. The first-order chi connectivity index (χ1) is 9.15. The number of carbonyl (C=O) groups is 2. The fourth-order valence-electron chi connectivity index (χ4n) is 2.80. The molecule has 2 amide bonds. The summed E-state index contributed by atoms with van der Waals surface area (Å²) in [6, 6.07) is 9.15. The largest absolute Gasteiger partial charge is 0.391 e. The highest BCUT2D eigenvalue weighted by atomic mass is 16.3. The monoisotopic (exact) mass is 260 g/mol. The van der Waals surface area contributed by atoms with Crippen LogP contribution in [0, 0.1) is 0 Å². The molecule has 100 valence electrons.